The molecule has 1 aliphatic rings. The molecule has 9 nitrogen and oxygen atoms in total. The van der Waals surface area contributed by atoms with Crippen LogP contribution in [0.4, 0.5) is 4.79 Å². The minimum absolute atomic E-state index is 0.104. The lowest BCUT2D eigenvalue weighted by molar-refractivity contribution is -0.143. The molecule has 0 bridgehead atoms. The van der Waals surface area contributed by atoms with Crippen LogP contribution >= 0.6 is 0 Å². The van der Waals surface area contributed by atoms with Crippen molar-refractivity contribution in [3.63, 3.8) is 0 Å². The summed E-state index contributed by atoms with van der Waals surface area (Å²) < 4.78 is 16.2. The highest BCUT2D eigenvalue weighted by atomic mass is 16.5. The molecule has 1 unspecified atom stereocenters. The number of hydrogen-bond acceptors (Lipinski definition) is 7. The first-order valence-electron chi connectivity index (χ1n) is 11.7. The quantitative estimate of drug-likeness (QED) is 0.381. The largest absolute Gasteiger partial charge is 0.491 e. The number of aliphatic hydroxyl groups excluding tert-OH is 1. The maximum atomic E-state index is 12.3. The first kappa shape index (κ1) is 26.9. The minimum Gasteiger partial charge on any atom is -0.491 e. The van der Waals surface area contributed by atoms with Crippen molar-refractivity contribution in [3.8, 4) is 5.75 Å². The van der Waals surface area contributed by atoms with Gasteiger partial charge in [-0.05, 0) is 38.3 Å². The number of esters is 1. The van der Waals surface area contributed by atoms with Gasteiger partial charge in [-0.1, -0.05) is 25.1 Å². The zero-order valence-corrected chi connectivity index (χ0v) is 20.1. The molecule has 2 amide bonds. The highest BCUT2D eigenvalue weighted by Crippen LogP contribution is 2.20. The topological polar surface area (TPSA) is 109 Å². The molecule has 2 rings (SSSR count). The van der Waals surface area contributed by atoms with Crippen molar-refractivity contribution >= 4 is 12.0 Å². The fourth-order valence-electron chi connectivity index (χ4n) is 3.25. The van der Waals surface area contributed by atoms with Gasteiger partial charge in [0.15, 0.2) is 0 Å². The van der Waals surface area contributed by atoms with Gasteiger partial charge in [-0.2, -0.15) is 0 Å². The zero-order valence-electron chi connectivity index (χ0n) is 20.1. The Bertz CT molecular complexity index is 737. The average molecular weight is 466 g/mol. The van der Waals surface area contributed by atoms with Crippen LogP contribution in [0.5, 0.6) is 5.75 Å². The van der Waals surface area contributed by atoms with Crippen LogP contribution in [-0.4, -0.2) is 86.3 Å². The van der Waals surface area contributed by atoms with Crippen molar-refractivity contribution in [2.75, 3.05) is 52.6 Å². The van der Waals surface area contributed by atoms with Crippen molar-refractivity contribution < 1.29 is 28.9 Å². The Morgan fingerprint density at radius 2 is 1.97 bits per heavy atom. The first-order chi connectivity index (χ1) is 15.8. The van der Waals surface area contributed by atoms with E-state index in [0.29, 0.717) is 58.2 Å². The molecule has 1 fully saturated rings. The third kappa shape index (κ3) is 10.4. The van der Waals surface area contributed by atoms with E-state index in [4.69, 9.17) is 14.2 Å². The molecule has 9 heteroatoms. The van der Waals surface area contributed by atoms with Gasteiger partial charge in [-0.3, -0.25) is 4.79 Å². The van der Waals surface area contributed by atoms with Crippen LogP contribution in [0.1, 0.15) is 39.2 Å². The third-order valence-electron chi connectivity index (χ3n) is 5.27. The predicted octanol–water partition coefficient (Wildman–Crippen LogP) is 1.72. The Morgan fingerprint density at radius 3 is 2.70 bits per heavy atom. The number of hydrogen-bond donors (Lipinski definition) is 3. The number of benzene rings is 1. The van der Waals surface area contributed by atoms with E-state index in [9.17, 15) is 14.7 Å². The van der Waals surface area contributed by atoms with E-state index in [1.54, 1.807) is 4.90 Å². The van der Waals surface area contributed by atoms with Crippen molar-refractivity contribution in [2.24, 2.45) is 0 Å². The molecule has 0 saturated carbocycles. The maximum absolute atomic E-state index is 12.3. The Labute approximate surface area is 196 Å². The van der Waals surface area contributed by atoms with Crippen LogP contribution < -0.4 is 15.4 Å². The molecule has 1 aliphatic heterocycles. The zero-order chi connectivity index (χ0) is 24.1. The summed E-state index contributed by atoms with van der Waals surface area (Å²) in [6.07, 6.45) is 0.869. The molecule has 3 N–H and O–H groups in total. The van der Waals surface area contributed by atoms with E-state index >= 15 is 0 Å². The summed E-state index contributed by atoms with van der Waals surface area (Å²) in [4.78, 5) is 25.8. The molecule has 1 saturated heterocycles. The van der Waals surface area contributed by atoms with Gasteiger partial charge in [-0.25, -0.2) is 4.79 Å². The molecular formula is C24H39N3O6. The van der Waals surface area contributed by atoms with Crippen molar-refractivity contribution in [3.05, 3.63) is 29.8 Å². The lowest BCUT2D eigenvalue weighted by atomic mass is 10.1. The van der Waals surface area contributed by atoms with Crippen molar-refractivity contribution in [1.29, 1.82) is 0 Å². The van der Waals surface area contributed by atoms with Crippen LogP contribution in [0.25, 0.3) is 0 Å². The van der Waals surface area contributed by atoms with E-state index in [-0.39, 0.29) is 25.0 Å². The Morgan fingerprint density at radius 1 is 1.24 bits per heavy atom. The van der Waals surface area contributed by atoms with Gasteiger partial charge in [0.2, 0.25) is 0 Å². The fraction of sp³-hybridized carbons (Fsp3) is 0.667. The van der Waals surface area contributed by atoms with Crippen LogP contribution in [0.3, 0.4) is 0 Å². The maximum Gasteiger partial charge on any atom is 0.317 e. The second-order valence-electron chi connectivity index (χ2n) is 8.82. The molecule has 1 heterocycles. The van der Waals surface area contributed by atoms with E-state index in [2.05, 4.69) is 10.6 Å². The molecule has 1 aromatic rings. The number of β-amino-alcohol motifs (C(OH)–C–C–N with tert-alkyl or cyclic N) is 1. The van der Waals surface area contributed by atoms with Crippen LogP contribution in [0.15, 0.2) is 24.3 Å². The van der Waals surface area contributed by atoms with E-state index in [0.717, 1.165) is 12.0 Å². The summed E-state index contributed by atoms with van der Waals surface area (Å²) in [6.45, 7) is 9.48. The summed E-state index contributed by atoms with van der Waals surface area (Å²) in [5.41, 5.74) is 0.497. The number of aliphatic hydroxyl groups is 1. The lowest BCUT2D eigenvalue weighted by Gasteiger charge is -2.31. The van der Waals surface area contributed by atoms with Gasteiger partial charge in [0, 0.05) is 38.1 Å². The molecule has 186 valence electrons. The smallest absolute Gasteiger partial charge is 0.317 e. The molecular weight excluding hydrogens is 426 g/mol. The summed E-state index contributed by atoms with van der Waals surface area (Å²) >= 11 is 0. The van der Waals surface area contributed by atoms with Gasteiger partial charge in [-0.15, -0.1) is 0 Å². The van der Waals surface area contributed by atoms with E-state index < -0.39 is 11.6 Å². The molecule has 0 aliphatic carbocycles. The SMILES string of the molecule is CCCOC(=O)CCc1ccccc1OCC(O)CNC(C)(C)CNC(=O)N1CCOCC1. The number of para-hydroxylation sites is 1. The summed E-state index contributed by atoms with van der Waals surface area (Å²) in [6, 6.07) is 7.39. The third-order valence-corrected chi connectivity index (χ3v) is 5.27. The molecule has 33 heavy (non-hydrogen) atoms. The monoisotopic (exact) mass is 465 g/mol. The van der Waals surface area contributed by atoms with E-state index in [1.807, 2.05) is 45.0 Å². The molecule has 1 aromatic carbocycles. The minimum atomic E-state index is -0.734. The molecule has 0 aromatic heterocycles. The van der Waals surface area contributed by atoms with Gasteiger partial charge < -0.3 is 34.9 Å². The predicted molar refractivity (Wildman–Crippen MR) is 125 cm³/mol. The Kier molecular flexibility index (Phi) is 11.4. The molecule has 0 spiro atoms. The normalized spacial score (nSPS) is 15.1. The van der Waals surface area contributed by atoms with Crippen molar-refractivity contribution in [1.82, 2.24) is 15.5 Å². The summed E-state index contributed by atoms with van der Waals surface area (Å²) in [5, 5.41) is 16.6. The Hall–Kier alpha value is -2.36. The highest BCUT2D eigenvalue weighted by molar-refractivity contribution is 5.74. The van der Waals surface area contributed by atoms with Crippen LogP contribution in [0, 0.1) is 0 Å². The number of ether oxygens (including phenoxy) is 3. The molecule has 0 radical (unpaired) electrons. The van der Waals surface area contributed by atoms with Gasteiger partial charge in [0.1, 0.15) is 18.5 Å². The lowest BCUT2D eigenvalue weighted by Crippen LogP contribution is -2.54. The van der Waals surface area contributed by atoms with E-state index in [1.165, 1.54) is 0 Å². The number of urea groups is 1. The van der Waals surface area contributed by atoms with Gasteiger partial charge >= 0.3 is 12.0 Å². The number of amides is 2. The van der Waals surface area contributed by atoms with Crippen LogP contribution in [0.2, 0.25) is 0 Å². The average Bonchev–Trinajstić information content (AvgIpc) is 2.83. The summed E-state index contributed by atoms with van der Waals surface area (Å²) in [7, 11) is 0. The van der Waals surface area contributed by atoms with Crippen molar-refractivity contribution in [2.45, 2.75) is 51.7 Å². The number of nitrogens with one attached hydrogen (secondary N) is 2. The Balaban J connectivity index is 1.72. The number of aryl methyl sites for hydroxylation is 1. The van der Waals surface area contributed by atoms with Gasteiger partial charge in [0.25, 0.3) is 0 Å². The number of rotatable bonds is 13. The first-order valence-corrected chi connectivity index (χ1v) is 11.7. The second-order valence-corrected chi connectivity index (χ2v) is 8.82. The highest BCUT2D eigenvalue weighted by Gasteiger charge is 2.22. The van der Waals surface area contributed by atoms with Crippen LogP contribution in [-0.2, 0) is 20.7 Å². The number of carbonyl (C=O) groups is 2. The number of morpholine rings is 1. The standard InChI is InChI=1S/C24H39N3O6/c1-4-13-32-22(29)10-9-19-7-5-6-8-21(19)33-17-20(28)16-26-24(2,3)18-25-23(30)27-11-14-31-15-12-27/h5-8,20,26,28H,4,9-18H2,1-3H3,(H,25,30). The molecule has 1 atom stereocenters. The number of nitrogens with zero attached hydrogens (tertiary/aromatic N) is 1. The second kappa shape index (κ2) is 14.0. The number of carbonyl (C=O) groups excluding carboxylic acids is 2. The van der Waals surface area contributed by atoms with Gasteiger partial charge in [0.05, 0.1) is 19.8 Å². The summed E-state index contributed by atoms with van der Waals surface area (Å²) in [5.74, 6) is 0.427. The fourth-order valence-corrected chi connectivity index (χ4v) is 3.25.